The third-order valence-electron chi connectivity index (χ3n) is 3.96. The Bertz CT molecular complexity index is 463. The van der Waals surface area contributed by atoms with Crippen molar-refractivity contribution in [2.45, 2.75) is 44.6 Å². The zero-order valence-electron chi connectivity index (χ0n) is 11.3. The van der Waals surface area contributed by atoms with Gasteiger partial charge in [0.1, 0.15) is 5.92 Å². The number of benzene rings is 1. The van der Waals surface area contributed by atoms with Crippen LogP contribution in [0.3, 0.4) is 0 Å². The zero-order valence-corrected chi connectivity index (χ0v) is 11.3. The van der Waals surface area contributed by atoms with Crippen LogP contribution in [0.15, 0.2) is 30.3 Å². The Balaban J connectivity index is 2.04. The summed E-state index contributed by atoms with van der Waals surface area (Å²) in [6, 6.07) is 11.6. The van der Waals surface area contributed by atoms with E-state index in [-0.39, 0.29) is 11.9 Å². The smallest absolute Gasteiger partial charge is 0.242 e. The van der Waals surface area contributed by atoms with Crippen LogP contribution in [0.25, 0.3) is 0 Å². The van der Waals surface area contributed by atoms with Gasteiger partial charge in [-0.25, -0.2) is 0 Å². The SMILES string of the molecule is CC1CCCCC1NC(=O)C(C#N)c1ccccc1. The minimum Gasteiger partial charge on any atom is -0.352 e. The van der Waals surface area contributed by atoms with Crippen molar-refractivity contribution < 1.29 is 4.79 Å². The first kappa shape index (κ1) is 13.6. The van der Waals surface area contributed by atoms with Crippen molar-refractivity contribution in [3.05, 3.63) is 35.9 Å². The predicted octanol–water partition coefficient (Wildman–Crippen LogP) is 2.99. The van der Waals surface area contributed by atoms with Gasteiger partial charge in [0.2, 0.25) is 5.91 Å². The number of rotatable bonds is 3. The summed E-state index contributed by atoms with van der Waals surface area (Å²) in [6.07, 6.45) is 4.60. The molecule has 1 fully saturated rings. The van der Waals surface area contributed by atoms with Crippen LogP contribution in [-0.4, -0.2) is 11.9 Å². The van der Waals surface area contributed by atoms with Gasteiger partial charge in [-0.3, -0.25) is 4.79 Å². The summed E-state index contributed by atoms with van der Waals surface area (Å²) in [5.41, 5.74) is 0.769. The Labute approximate surface area is 114 Å². The number of amides is 1. The minimum atomic E-state index is -0.699. The first-order chi connectivity index (χ1) is 9.22. The summed E-state index contributed by atoms with van der Waals surface area (Å²) < 4.78 is 0. The highest BCUT2D eigenvalue weighted by Crippen LogP contribution is 2.24. The van der Waals surface area contributed by atoms with Crippen LogP contribution in [0.2, 0.25) is 0 Å². The fourth-order valence-corrected chi connectivity index (χ4v) is 2.73. The molecule has 0 aromatic heterocycles. The fraction of sp³-hybridized carbons (Fsp3) is 0.500. The third kappa shape index (κ3) is 3.35. The van der Waals surface area contributed by atoms with Gasteiger partial charge >= 0.3 is 0 Å². The molecule has 1 aliphatic rings. The second-order valence-electron chi connectivity index (χ2n) is 5.35. The summed E-state index contributed by atoms with van der Waals surface area (Å²) >= 11 is 0. The Morgan fingerprint density at radius 3 is 2.63 bits per heavy atom. The van der Waals surface area contributed by atoms with Crippen molar-refractivity contribution in [1.29, 1.82) is 5.26 Å². The molecule has 1 aromatic carbocycles. The first-order valence-electron chi connectivity index (χ1n) is 6.97. The lowest BCUT2D eigenvalue weighted by Crippen LogP contribution is -2.43. The van der Waals surface area contributed by atoms with E-state index in [1.165, 1.54) is 6.42 Å². The monoisotopic (exact) mass is 256 g/mol. The standard InChI is InChI=1S/C16H20N2O/c1-12-7-5-6-10-15(12)18-16(19)14(11-17)13-8-3-2-4-9-13/h2-4,8-9,12,14-15H,5-7,10H2,1H3,(H,18,19). The second kappa shape index (κ2) is 6.38. The summed E-state index contributed by atoms with van der Waals surface area (Å²) in [5, 5.41) is 12.3. The van der Waals surface area contributed by atoms with Crippen LogP contribution in [0.1, 0.15) is 44.1 Å². The lowest BCUT2D eigenvalue weighted by Gasteiger charge is -2.30. The molecule has 100 valence electrons. The van der Waals surface area contributed by atoms with Gasteiger partial charge in [-0.05, 0) is 24.3 Å². The number of carbonyl (C=O) groups excluding carboxylic acids is 1. The molecule has 0 aliphatic heterocycles. The highest BCUT2D eigenvalue weighted by atomic mass is 16.1. The minimum absolute atomic E-state index is 0.160. The normalized spacial score (nSPS) is 24.2. The van der Waals surface area contributed by atoms with Crippen LogP contribution < -0.4 is 5.32 Å². The van der Waals surface area contributed by atoms with Crippen molar-refractivity contribution >= 4 is 5.91 Å². The second-order valence-corrected chi connectivity index (χ2v) is 5.35. The van der Waals surface area contributed by atoms with Gasteiger partial charge in [0, 0.05) is 6.04 Å². The fourth-order valence-electron chi connectivity index (χ4n) is 2.73. The van der Waals surface area contributed by atoms with E-state index in [2.05, 4.69) is 18.3 Å². The van der Waals surface area contributed by atoms with Crippen molar-refractivity contribution in [3.63, 3.8) is 0 Å². The summed E-state index contributed by atoms with van der Waals surface area (Å²) in [6.45, 7) is 2.17. The van der Waals surface area contributed by atoms with E-state index in [1.807, 2.05) is 30.3 Å². The Hall–Kier alpha value is -1.82. The molecule has 0 bridgehead atoms. The van der Waals surface area contributed by atoms with Gasteiger partial charge in [0.15, 0.2) is 0 Å². The molecule has 1 aromatic rings. The molecule has 1 amide bonds. The molecule has 0 heterocycles. The maximum absolute atomic E-state index is 12.3. The maximum Gasteiger partial charge on any atom is 0.242 e. The van der Waals surface area contributed by atoms with E-state index in [4.69, 9.17) is 0 Å². The Morgan fingerprint density at radius 1 is 1.32 bits per heavy atom. The third-order valence-corrected chi connectivity index (χ3v) is 3.96. The number of carbonyl (C=O) groups is 1. The Morgan fingerprint density at radius 2 is 2.00 bits per heavy atom. The number of nitrogens with zero attached hydrogens (tertiary/aromatic N) is 1. The average Bonchev–Trinajstić information content (AvgIpc) is 2.43. The highest BCUT2D eigenvalue weighted by molar-refractivity contribution is 5.86. The molecule has 3 nitrogen and oxygen atoms in total. The molecule has 0 spiro atoms. The van der Waals surface area contributed by atoms with Gasteiger partial charge in [-0.1, -0.05) is 50.1 Å². The lowest BCUT2D eigenvalue weighted by molar-refractivity contribution is -0.122. The number of hydrogen-bond donors (Lipinski definition) is 1. The summed E-state index contributed by atoms with van der Waals surface area (Å²) in [5.74, 6) is -0.351. The van der Waals surface area contributed by atoms with Crippen molar-refractivity contribution in [3.8, 4) is 6.07 Å². The number of hydrogen-bond acceptors (Lipinski definition) is 2. The van der Waals surface area contributed by atoms with Gasteiger partial charge in [-0.2, -0.15) is 5.26 Å². The molecule has 3 heteroatoms. The van der Waals surface area contributed by atoms with E-state index in [0.29, 0.717) is 5.92 Å². The van der Waals surface area contributed by atoms with Crippen LogP contribution >= 0.6 is 0 Å². The molecule has 1 saturated carbocycles. The van der Waals surface area contributed by atoms with E-state index in [9.17, 15) is 10.1 Å². The quantitative estimate of drug-likeness (QED) is 0.903. The number of nitriles is 1. The number of nitrogens with one attached hydrogen (secondary N) is 1. The average molecular weight is 256 g/mol. The molecule has 0 radical (unpaired) electrons. The predicted molar refractivity (Wildman–Crippen MR) is 74.4 cm³/mol. The topological polar surface area (TPSA) is 52.9 Å². The van der Waals surface area contributed by atoms with Crippen LogP contribution in [0.5, 0.6) is 0 Å². The van der Waals surface area contributed by atoms with Crippen LogP contribution in [0, 0.1) is 17.2 Å². The van der Waals surface area contributed by atoms with Gasteiger partial charge in [-0.15, -0.1) is 0 Å². The van der Waals surface area contributed by atoms with E-state index in [0.717, 1.165) is 24.8 Å². The summed E-state index contributed by atoms with van der Waals surface area (Å²) in [4.78, 5) is 12.3. The molecular weight excluding hydrogens is 236 g/mol. The molecule has 1 N–H and O–H groups in total. The van der Waals surface area contributed by atoms with E-state index < -0.39 is 5.92 Å². The molecule has 0 saturated heterocycles. The van der Waals surface area contributed by atoms with Crippen LogP contribution in [-0.2, 0) is 4.79 Å². The largest absolute Gasteiger partial charge is 0.352 e. The van der Waals surface area contributed by atoms with Crippen molar-refractivity contribution in [2.75, 3.05) is 0 Å². The lowest BCUT2D eigenvalue weighted by atomic mass is 9.85. The van der Waals surface area contributed by atoms with E-state index in [1.54, 1.807) is 0 Å². The molecular formula is C16H20N2O. The highest BCUT2D eigenvalue weighted by Gasteiger charge is 2.27. The molecule has 3 atom stereocenters. The van der Waals surface area contributed by atoms with Crippen LogP contribution in [0.4, 0.5) is 0 Å². The van der Waals surface area contributed by atoms with E-state index >= 15 is 0 Å². The van der Waals surface area contributed by atoms with Gasteiger partial charge in [0.25, 0.3) is 0 Å². The molecule has 3 unspecified atom stereocenters. The zero-order chi connectivity index (χ0) is 13.7. The molecule has 1 aliphatic carbocycles. The van der Waals surface area contributed by atoms with Crippen molar-refractivity contribution in [1.82, 2.24) is 5.32 Å². The van der Waals surface area contributed by atoms with Gasteiger partial charge in [0.05, 0.1) is 6.07 Å². The maximum atomic E-state index is 12.3. The van der Waals surface area contributed by atoms with Crippen molar-refractivity contribution in [2.24, 2.45) is 5.92 Å². The molecule has 2 rings (SSSR count). The molecule has 19 heavy (non-hydrogen) atoms. The summed E-state index contributed by atoms with van der Waals surface area (Å²) in [7, 11) is 0. The Kier molecular flexibility index (Phi) is 4.57. The van der Waals surface area contributed by atoms with Gasteiger partial charge < -0.3 is 5.32 Å². The first-order valence-corrected chi connectivity index (χ1v) is 6.97.